The van der Waals surface area contributed by atoms with E-state index in [1.165, 1.54) is 29.8 Å². The van der Waals surface area contributed by atoms with E-state index in [2.05, 4.69) is 10.3 Å². The van der Waals surface area contributed by atoms with Gasteiger partial charge in [-0.25, -0.2) is 14.8 Å². The molecule has 0 saturated heterocycles. The Morgan fingerprint density at radius 1 is 1.16 bits per heavy atom. The predicted molar refractivity (Wildman–Crippen MR) is 127 cm³/mol. The van der Waals surface area contributed by atoms with Crippen molar-refractivity contribution in [3.05, 3.63) is 56.0 Å². The van der Waals surface area contributed by atoms with Crippen LogP contribution in [-0.4, -0.2) is 30.8 Å². The quantitative estimate of drug-likeness (QED) is 0.450. The molecule has 10 heteroatoms. The monoisotopic (exact) mass is 473 g/mol. The molecular formula is C22H24ClN5O3S. The number of benzene rings is 1. The number of carbonyl (C=O) groups is 1. The first-order valence-electron chi connectivity index (χ1n) is 10.5. The molecule has 2 heterocycles. The normalized spacial score (nSPS) is 14.6. The zero-order valence-electron chi connectivity index (χ0n) is 17.9. The van der Waals surface area contributed by atoms with Crippen molar-refractivity contribution in [1.29, 1.82) is 0 Å². The molecule has 1 aliphatic rings. The molecule has 1 amide bonds. The smallest absolute Gasteiger partial charge is 0.325 e. The first-order chi connectivity index (χ1) is 15.3. The SMILES string of the molecule is Cn1c(=O)c2c(SCC(=O)Nc3cccc(Cl)c3)nc(C3CCCCC3)nc2n(C)c1=O. The van der Waals surface area contributed by atoms with Crippen LogP contribution in [0.2, 0.25) is 5.02 Å². The molecule has 1 saturated carbocycles. The summed E-state index contributed by atoms with van der Waals surface area (Å²) in [4.78, 5) is 47.3. The molecule has 1 fully saturated rings. The molecule has 0 bridgehead atoms. The number of nitrogens with zero attached hydrogens (tertiary/aromatic N) is 4. The molecule has 2 aromatic heterocycles. The molecule has 0 aliphatic heterocycles. The van der Waals surface area contributed by atoms with E-state index in [0.717, 1.165) is 30.3 Å². The molecule has 168 valence electrons. The molecular weight excluding hydrogens is 450 g/mol. The largest absolute Gasteiger partial charge is 0.332 e. The van der Waals surface area contributed by atoms with Crippen molar-refractivity contribution in [2.45, 2.75) is 43.0 Å². The second-order valence-corrected chi connectivity index (χ2v) is 9.37. The molecule has 3 aromatic rings. The molecule has 0 spiro atoms. The van der Waals surface area contributed by atoms with Crippen LogP contribution in [0, 0.1) is 0 Å². The highest BCUT2D eigenvalue weighted by Gasteiger charge is 2.23. The Bertz CT molecular complexity index is 1300. The first kappa shape index (κ1) is 22.5. The molecule has 0 atom stereocenters. The lowest BCUT2D eigenvalue weighted by atomic mass is 9.89. The highest BCUT2D eigenvalue weighted by molar-refractivity contribution is 8.00. The van der Waals surface area contributed by atoms with Crippen LogP contribution in [0.25, 0.3) is 11.0 Å². The fourth-order valence-electron chi connectivity index (χ4n) is 3.99. The molecule has 1 aliphatic carbocycles. The Hall–Kier alpha value is -2.65. The number of halogens is 1. The van der Waals surface area contributed by atoms with Crippen LogP contribution in [-0.2, 0) is 18.9 Å². The number of amides is 1. The summed E-state index contributed by atoms with van der Waals surface area (Å²) in [5.41, 5.74) is 0.00441. The van der Waals surface area contributed by atoms with Gasteiger partial charge in [0, 0.05) is 30.7 Å². The number of anilines is 1. The summed E-state index contributed by atoms with van der Waals surface area (Å²) < 4.78 is 2.42. The summed E-state index contributed by atoms with van der Waals surface area (Å²) in [6, 6.07) is 6.90. The van der Waals surface area contributed by atoms with E-state index >= 15 is 0 Å². The number of nitrogens with one attached hydrogen (secondary N) is 1. The summed E-state index contributed by atoms with van der Waals surface area (Å²) in [6.45, 7) is 0. The lowest BCUT2D eigenvalue weighted by Gasteiger charge is -2.21. The van der Waals surface area contributed by atoms with Crippen LogP contribution in [0.15, 0.2) is 38.9 Å². The van der Waals surface area contributed by atoms with Gasteiger partial charge in [0.1, 0.15) is 16.2 Å². The molecule has 4 rings (SSSR count). The van der Waals surface area contributed by atoms with Gasteiger partial charge in [0.2, 0.25) is 5.91 Å². The Labute approximate surface area is 194 Å². The van der Waals surface area contributed by atoms with Crippen molar-refractivity contribution in [2.24, 2.45) is 14.1 Å². The van der Waals surface area contributed by atoms with Gasteiger partial charge in [0.15, 0.2) is 5.65 Å². The summed E-state index contributed by atoms with van der Waals surface area (Å²) in [6.07, 6.45) is 5.35. The first-order valence-corrected chi connectivity index (χ1v) is 11.9. The average molecular weight is 474 g/mol. The second-order valence-electron chi connectivity index (χ2n) is 7.97. The summed E-state index contributed by atoms with van der Waals surface area (Å²) in [7, 11) is 3.03. The number of hydrogen-bond acceptors (Lipinski definition) is 6. The van der Waals surface area contributed by atoms with Crippen LogP contribution in [0.4, 0.5) is 5.69 Å². The van der Waals surface area contributed by atoms with E-state index in [0.29, 0.717) is 27.2 Å². The standard InChI is InChI=1S/C22H24ClN5O3S/c1-27-19-17(21(30)28(2)22(27)31)20(26-18(25-19)13-7-4-3-5-8-13)32-12-16(29)24-15-10-6-9-14(23)11-15/h6,9-11,13H,3-5,7-8,12H2,1-2H3,(H,24,29). The minimum atomic E-state index is -0.462. The summed E-state index contributed by atoms with van der Waals surface area (Å²) in [5, 5.41) is 4.01. The van der Waals surface area contributed by atoms with E-state index in [4.69, 9.17) is 16.6 Å². The topological polar surface area (TPSA) is 98.9 Å². The van der Waals surface area contributed by atoms with Crippen molar-refractivity contribution in [3.63, 3.8) is 0 Å². The minimum Gasteiger partial charge on any atom is -0.325 e. The number of aryl methyl sites for hydroxylation is 1. The molecule has 1 N–H and O–H groups in total. The Morgan fingerprint density at radius 3 is 2.62 bits per heavy atom. The third kappa shape index (κ3) is 4.59. The Balaban J connectivity index is 1.70. The van der Waals surface area contributed by atoms with Gasteiger partial charge in [0.25, 0.3) is 5.56 Å². The number of rotatable bonds is 5. The maximum absolute atomic E-state index is 12.9. The minimum absolute atomic E-state index is 0.0503. The van der Waals surface area contributed by atoms with Gasteiger partial charge in [-0.15, -0.1) is 0 Å². The third-order valence-electron chi connectivity index (χ3n) is 5.70. The van der Waals surface area contributed by atoms with Gasteiger partial charge in [-0.1, -0.05) is 48.7 Å². The number of aromatic nitrogens is 4. The van der Waals surface area contributed by atoms with Crippen molar-refractivity contribution >= 4 is 46.0 Å². The zero-order chi connectivity index (χ0) is 22.8. The maximum atomic E-state index is 12.9. The van der Waals surface area contributed by atoms with Crippen LogP contribution < -0.4 is 16.6 Å². The van der Waals surface area contributed by atoms with E-state index in [-0.39, 0.29) is 23.0 Å². The van der Waals surface area contributed by atoms with Gasteiger partial charge in [-0.05, 0) is 31.0 Å². The summed E-state index contributed by atoms with van der Waals surface area (Å²) >= 11 is 7.15. The van der Waals surface area contributed by atoms with Crippen LogP contribution in [0.1, 0.15) is 43.8 Å². The highest BCUT2D eigenvalue weighted by Crippen LogP contribution is 2.33. The summed E-state index contributed by atoms with van der Waals surface area (Å²) in [5.74, 6) is 0.629. The predicted octanol–water partition coefficient (Wildman–Crippen LogP) is 3.46. The van der Waals surface area contributed by atoms with E-state index in [1.54, 1.807) is 31.3 Å². The number of thioether (sulfide) groups is 1. The lowest BCUT2D eigenvalue weighted by molar-refractivity contribution is -0.113. The van der Waals surface area contributed by atoms with Crippen LogP contribution >= 0.6 is 23.4 Å². The number of fused-ring (bicyclic) bond motifs is 1. The van der Waals surface area contributed by atoms with Crippen molar-refractivity contribution in [2.75, 3.05) is 11.1 Å². The van der Waals surface area contributed by atoms with Gasteiger partial charge >= 0.3 is 5.69 Å². The van der Waals surface area contributed by atoms with Gasteiger partial charge < -0.3 is 5.32 Å². The average Bonchev–Trinajstić information content (AvgIpc) is 2.80. The van der Waals surface area contributed by atoms with E-state index in [9.17, 15) is 14.4 Å². The maximum Gasteiger partial charge on any atom is 0.332 e. The van der Waals surface area contributed by atoms with Crippen molar-refractivity contribution in [1.82, 2.24) is 19.1 Å². The molecule has 32 heavy (non-hydrogen) atoms. The van der Waals surface area contributed by atoms with Gasteiger partial charge in [0.05, 0.1) is 5.75 Å². The Morgan fingerprint density at radius 2 is 1.91 bits per heavy atom. The number of carbonyl (C=O) groups excluding carboxylic acids is 1. The highest BCUT2D eigenvalue weighted by atomic mass is 35.5. The van der Waals surface area contributed by atoms with Crippen LogP contribution in [0.3, 0.4) is 0 Å². The van der Waals surface area contributed by atoms with Gasteiger partial charge in [-0.2, -0.15) is 0 Å². The molecule has 0 radical (unpaired) electrons. The third-order valence-corrected chi connectivity index (χ3v) is 6.91. The molecule has 0 unspecified atom stereocenters. The fraction of sp³-hybridized carbons (Fsp3) is 0.409. The van der Waals surface area contributed by atoms with E-state index < -0.39 is 11.2 Å². The fourth-order valence-corrected chi connectivity index (χ4v) is 5.00. The number of hydrogen-bond donors (Lipinski definition) is 1. The van der Waals surface area contributed by atoms with Crippen LogP contribution in [0.5, 0.6) is 0 Å². The zero-order valence-corrected chi connectivity index (χ0v) is 19.5. The van der Waals surface area contributed by atoms with E-state index in [1.807, 2.05) is 0 Å². The lowest BCUT2D eigenvalue weighted by Crippen LogP contribution is -2.38. The van der Waals surface area contributed by atoms with Crippen molar-refractivity contribution in [3.8, 4) is 0 Å². The molecule has 1 aromatic carbocycles. The molecule has 8 nitrogen and oxygen atoms in total. The second kappa shape index (κ2) is 9.46. The Kier molecular flexibility index (Phi) is 6.66. The van der Waals surface area contributed by atoms with Crippen molar-refractivity contribution < 1.29 is 4.79 Å². The van der Waals surface area contributed by atoms with Gasteiger partial charge in [-0.3, -0.25) is 18.7 Å².